The van der Waals surface area contributed by atoms with Crippen LogP contribution in [0.5, 0.6) is 0 Å². The fourth-order valence-electron chi connectivity index (χ4n) is 9.83. The van der Waals surface area contributed by atoms with Crippen LogP contribution in [0.3, 0.4) is 0 Å². The molecule has 1 aliphatic heterocycles. The van der Waals surface area contributed by atoms with Crippen molar-refractivity contribution in [1.82, 2.24) is 4.31 Å². The Morgan fingerprint density at radius 2 is 1.78 bits per heavy atom. The van der Waals surface area contributed by atoms with Crippen LogP contribution in [0.25, 0.3) is 0 Å². The van der Waals surface area contributed by atoms with Gasteiger partial charge in [0.25, 0.3) is 0 Å². The summed E-state index contributed by atoms with van der Waals surface area (Å²) < 4.78 is 31.1. The van der Waals surface area contributed by atoms with Crippen molar-refractivity contribution < 1.29 is 8.42 Å². The molecule has 5 heteroatoms. The van der Waals surface area contributed by atoms with Crippen LogP contribution in [0.4, 0.5) is 0 Å². The van der Waals surface area contributed by atoms with E-state index in [0.29, 0.717) is 17.4 Å². The van der Waals surface area contributed by atoms with Crippen molar-refractivity contribution in [3.63, 3.8) is 0 Å². The van der Waals surface area contributed by atoms with Gasteiger partial charge in [-0.05, 0) is 68.2 Å². The third-order valence-electron chi connectivity index (χ3n) is 10.5. The van der Waals surface area contributed by atoms with Gasteiger partial charge in [-0.15, -0.1) is 6.58 Å². The van der Waals surface area contributed by atoms with Gasteiger partial charge in [0.1, 0.15) is 0 Å². The van der Waals surface area contributed by atoms with Crippen LogP contribution in [-0.4, -0.2) is 32.9 Å². The first-order chi connectivity index (χ1) is 17.0. The van der Waals surface area contributed by atoms with E-state index < -0.39 is 23.6 Å². The van der Waals surface area contributed by atoms with Gasteiger partial charge in [0.15, 0.2) is 0 Å². The van der Waals surface area contributed by atoms with E-state index in [1.807, 2.05) is 41.6 Å². The van der Waals surface area contributed by atoms with Gasteiger partial charge in [0.05, 0.1) is 10.4 Å². The highest BCUT2D eigenvalue weighted by molar-refractivity contribution is 7.89. The van der Waals surface area contributed by atoms with Gasteiger partial charge in [-0.1, -0.05) is 80.1 Å². The molecule has 2 aromatic rings. The van der Waals surface area contributed by atoms with Crippen LogP contribution in [0.1, 0.15) is 61.1 Å². The monoisotopic (exact) mass is 519 g/mol. The van der Waals surface area contributed by atoms with E-state index in [1.54, 1.807) is 5.56 Å². The maximum absolute atomic E-state index is 14.5. The third-order valence-corrected chi connectivity index (χ3v) is 14.2. The number of fused-ring (bicyclic) bond motifs is 1. The van der Waals surface area contributed by atoms with Gasteiger partial charge >= 0.3 is 0 Å². The summed E-state index contributed by atoms with van der Waals surface area (Å²) in [6.07, 6.45) is 8.50. The summed E-state index contributed by atoms with van der Waals surface area (Å²) >= 11 is 0. The standard InChI is InChI=1S/C31H41NO2SSi/c1-6-16-31-28-24(22-36(3,4)5)21-29(27-11-8-7-10-26(27)28)17-9-18-30(29,31)19-20-32(31)35(33,34)25-14-12-23(2)13-15-25/h6-8,10-15,24,28H,1,9,16-22H2,2-5H3/t24-,28?,29-,30+,31-/m1/s1. The zero-order valence-electron chi connectivity index (χ0n) is 22.4. The molecule has 1 saturated heterocycles. The number of benzene rings is 2. The predicted octanol–water partition coefficient (Wildman–Crippen LogP) is 7.27. The molecule has 0 radical (unpaired) electrons. The summed E-state index contributed by atoms with van der Waals surface area (Å²) in [5.74, 6) is 0.743. The predicted molar refractivity (Wildman–Crippen MR) is 151 cm³/mol. The van der Waals surface area contributed by atoms with Gasteiger partial charge in [-0.25, -0.2) is 8.42 Å². The van der Waals surface area contributed by atoms with E-state index in [1.165, 1.54) is 30.9 Å². The van der Waals surface area contributed by atoms with Crippen LogP contribution in [0.2, 0.25) is 25.7 Å². The van der Waals surface area contributed by atoms with Crippen LogP contribution in [0.15, 0.2) is 66.1 Å². The third kappa shape index (κ3) is 2.97. The minimum Gasteiger partial charge on any atom is -0.207 e. The number of hydrogen-bond donors (Lipinski definition) is 0. The topological polar surface area (TPSA) is 37.4 Å². The first-order valence-electron chi connectivity index (χ1n) is 13.8. The van der Waals surface area contributed by atoms with Gasteiger partial charge in [-0.2, -0.15) is 4.31 Å². The average molecular weight is 520 g/mol. The second kappa shape index (κ2) is 7.91. The Hall–Kier alpha value is -1.69. The molecule has 0 aromatic heterocycles. The van der Waals surface area contributed by atoms with Gasteiger partial charge in [0.2, 0.25) is 10.0 Å². The molecule has 192 valence electrons. The highest BCUT2D eigenvalue weighted by atomic mass is 32.2. The van der Waals surface area contributed by atoms with E-state index in [9.17, 15) is 8.42 Å². The lowest BCUT2D eigenvalue weighted by Crippen LogP contribution is -2.71. The molecule has 5 atom stereocenters. The van der Waals surface area contributed by atoms with Crippen LogP contribution < -0.4 is 0 Å². The van der Waals surface area contributed by atoms with E-state index in [-0.39, 0.29) is 16.7 Å². The molecule has 0 amide bonds. The average Bonchev–Trinajstić information content (AvgIpc) is 3.36. The Kier molecular flexibility index (Phi) is 5.41. The smallest absolute Gasteiger partial charge is 0.207 e. The Balaban J connectivity index is 1.64. The van der Waals surface area contributed by atoms with Crippen molar-refractivity contribution in [2.75, 3.05) is 6.54 Å². The molecule has 2 bridgehead atoms. The summed E-state index contributed by atoms with van der Waals surface area (Å²) in [4.78, 5) is 0.442. The first-order valence-corrected chi connectivity index (χ1v) is 19.0. The molecule has 4 aliphatic carbocycles. The van der Waals surface area contributed by atoms with Gasteiger partial charge < -0.3 is 0 Å². The molecule has 3 fully saturated rings. The summed E-state index contributed by atoms with van der Waals surface area (Å²) in [5, 5.41) is 0. The molecule has 2 saturated carbocycles. The number of nitrogens with zero attached hydrogens (tertiary/aromatic N) is 1. The molecule has 36 heavy (non-hydrogen) atoms. The van der Waals surface area contributed by atoms with E-state index in [2.05, 4.69) is 50.5 Å². The molecule has 2 spiro atoms. The molecule has 7 rings (SSSR count). The van der Waals surface area contributed by atoms with Gasteiger partial charge in [-0.3, -0.25) is 0 Å². The maximum atomic E-state index is 14.5. The van der Waals surface area contributed by atoms with Crippen molar-refractivity contribution in [2.24, 2.45) is 11.3 Å². The quantitative estimate of drug-likeness (QED) is 0.297. The van der Waals surface area contributed by atoms with Crippen molar-refractivity contribution in [3.05, 3.63) is 77.9 Å². The van der Waals surface area contributed by atoms with E-state index in [4.69, 9.17) is 0 Å². The molecule has 1 unspecified atom stereocenters. The maximum Gasteiger partial charge on any atom is 0.243 e. The van der Waals surface area contributed by atoms with E-state index in [0.717, 1.165) is 24.8 Å². The molecular formula is C31H41NO2SSi. The molecular weight excluding hydrogens is 478 g/mol. The fourth-order valence-corrected chi connectivity index (χ4v) is 13.6. The zero-order valence-corrected chi connectivity index (χ0v) is 24.2. The highest BCUT2D eigenvalue weighted by Gasteiger charge is 2.79. The minimum absolute atomic E-state index is 0.0130. The number of rotatable bonds is 6. The fraction of sp³-hybridized carbons (Fsp3) is 0.548. The number of hydrogen-bond acceptors (Lipinski definition) is 2. The first kappa shape index (κ1) is 24.6. The lowest BCUT2D eigenvalue weighted by Gasteiger charge is -2.70. The van der Waals surface area contributed by atoms with E-state index >= 15 is 0 Å². The summed E-state index contributed by atoms with van der Waals surface area (Å²) in [5.41, 5.74) is 3.70. The van der Waals surface area contributed by atoms with Crippen molar-refractivity contribution >= 4 is 18.1 Å². The second-order valence-electron chi connectivity index (χ2n) is 13.4. The van der Waals surface area contributed by atoms with Crippen LogP contribution in [-0.2, 0) is 15.4 Å². The van der Waals surface area contributed by atoms with Crippen molar-refractivity contribution in [1.29, 1.82) is 0 Å². The summed E-state index contributed by atoms with van der Waals surface area (Å²) in [7, 11) is -5.03. The normalized spacial score (nSPS) is 35.3. The molecule has 2 aromatic carbocycles. The molecule has 5 aliphatic rings. The molecule has 1 heterocycles. The summed E-state index contributed by atoms with van der Waals surface area (Å²) in [6, 6.07) is 17.9. The largest absolute Gasteiger partial charge is 0.243 e. The lowest BCUT2D eigenvalue weighted by atomic mass is 9.37. The lowest BCUT2D eigenvalue weighted by molar-refractivity contribution is -0.0785. The Labute approximate surface area is 219 Å². The van der Waals surface area contributed by atoms with Crippen molar-refractivity contribution in [3.8, 4) is 0 Å². The van der Waals surface area contributed by atoms with Crippen LogP contribution in [0, 0.1) is 18.3 Å². The van der Waals surface area contributed by atoms with Gasteiger partial charge in [0, 0.05) is 31.4 Å². The Bertz CT molecular complexity index is 1310. The van der Waals surface area contributed by atoms with Crippen molar-refractivity contribution in [2.45, 2.75) is 92.9 Å². The zero-order chi connectivity index (χ0) is 25.6. The highest BCUT2D eigenvalue weighted by Crippen LogP contribution is 2.80. The number of sulfonamides is 1. The number of aryl methyl sites for hydroxylation is 1. The molecule has 3 nitrogen and oxygen atoms in total. The summed E-state index contributed by atoms with van der Waals surface area (Å²) in [6.45, 7) is 14.3. The Morgan fingerprint density at radius 3 is 2.47 bits per heavy atom. The SMILES string of the molecule is C=CC[C@@]12C3c4ccccc4[C@@]4(CCC[C@]41CCN2S(=O)(=O)c1ccc(C)cc1)C[C@@H]3C[Si](C)(C)C. The second-order valence-corrected chi connectivity index (χ2v) is 20.8. The molecule has 0 N–H and O–H groups in total. The minimum atomic E-state index is -3.65. The van der Waals surface area contributed by atoms with Crippen LogP contribution >= 0.6 is 0 Å². The Morgan fingerprint density at radius 1 is 1.06 bits per heavy atom.